The Morgan fingerprint density at radius 3 is 2.55 bits per heavy atom. The predicted molar refractivity (Wildman–Crippen MR) is 145 cm³/mol. The summed E-state index contributed by atoms with van der Waals surface area (Å²) in [5.74, 6) is -1.11. The molecule has 0 aromatic carbocycles. The number of halogens is 3. The van der Waals surface area contributed by atoms with Crippen LogP contribution in [0.15, 0.2) is 58.5 Å². The van der Waals surface area contributed by atoms with E-state index in [0.29, 0.717) is 28.9 Å². The molecule has 1 saturated carbocycles. The minimum atomic E-state index is -1.28. The van der Waals surface area contributed by atoms with Gasteiger partial charge in [0.1, 0.15) is 34.7 Å². The van der Waals surface area contributed by atoms with E-state index in [4.69, 9.17) is 16.3 Å². The molecule has 0 bridgehead atoms. The van der Waals surface area contributed by atoms with Gasteiger partial charge < -0.3 is 9.84 Å². The number of nitrogens with zero attached hydrogens (tertiary/aromatic N) is 4. The smallest absolute Gasteiger partial charge is 0.277 e. The average Bonchev–Trinajstić information content (AvgIpc) is 3.65. The summed E-state index contributed by atoms with van der Waals surface area (Å²) < 4.78 is 35.4. The minimum Gasteiger partial charge on any atom is -0.485 e. The first-order chi connectivity index (χ1) is 18.9. The van der Waals surface area contributed by atoms with Gasteiger partial charge in [-0.2, -0.15) is 0 Å². The monoisotopic (exact) mass is 568 g/mol. The first kappa shape index (κ1) is 27.7. The number of hydrogen-bond acceptors (Lipinski definition) is 6. The summed E-state index contributed by atoms with van der Waals surface area (Å²) in [7, 11) is 0. The number of rotatable bonds is 7. The molecule has 1 N–H and O–H groups in total. The van der Waals surface area contributed by atoms with Crippen LogP contribution in [0.1, 0.15) is 42.8 Å². The largest absolute Gasteiger partial charge is 0.485 e. The third-order valence-electron chi connectivity index (χ3n) is 7.42. The normalized spacial score (nSPS) is 17.9. The summed E-state index contributed by atoms with van der Waals surface area (Å²) in [5, 5.41) is 10.9. The molecule has 4 aromatic heterocycles. The van der Waals surface area contributed by atoms with Gasteiger partial charge in [-0.3, -0.25) is 23.7 Å². The van der Waals surface area contributed by atoms with Gasteiger partial charge in [-0.15, -0.1) is 0 Å². The maximum absolute atomic E-state index is 14.0. The van der Waals surface area contributed by atoms with Crippen molar-refractivity contribution in [3.05, 3.63) is 109 Å². The maximum Gasteiger partial charge on any atom is 0.277 e. The SMILES string of the molecule is Cc1cnc(-n2cccc([C@@](C)(O)C3CC3C)c2=O)cc1-n1c(C)cc(OCc2ncc(F)cc2F)c(Cl)c1=O. The molecule has 3 atom stereocenters. The number of pyridine rings is 4. The zero-order valence-corrected chi connectivity index (χ0v) is 23.0. The zero-order chi connectivity index (χ0) is 28.9. The van der Waals surface area contributed by atoms with Crippen molar-refractivity contribution >= 4 is 11.6 Å². The van der Waals surface area contributed by atoms with Crippen molar-refractivity contribution < 1.29 is 18.6 Å². The highest BCUT2D eigenvalue weighted by molar-refractivity contribution is 6.31. The van der Waals surface area contributed by atoms with Gasteiger partial charge in [-0.25, -0.2) is 13.8 Å². The Kier molecular flexibility index (Phi) is 7.09. The van der Waals surface area contributed by atoms with Crippen LogP contribution in [-0.4, -0.2) is 24.2 Å². The number of hydrogen-bond donors (Lipinski definition) is 1. The second-order valence-corrected chi connectivity index (χ2v) is 10.7. The van der Waals surface area contributed by atoms with Gasteiger partial charge in [0.05, 0.1) is 17.5 Å². The van der Waals surface area contributed by atoms with E-state index >= 15 is 0 Å². The highest BCUT2D eigenvalue weighted by Gasteiger charge is 2.48. The van der Waals surface area contributed by atoms with Crippen molar-refractivity contribution in [1.29, 1.82) is 0 Å². The molecule has 0 amide bonds. The van der Waals surface area contributed by atoms with Crippen LogP contribution in [0.2, 0.25) is 5.02 Å². The Morgan fingerprint density at radius 1 is 1.15 bits per heavy atom. The van der Waals surface area contributed by atoms with Gasteiger partial charge in [0.25, 0.3) is 11.1 Å². The van der Waals surface area contributed by atoms with Gasteiger partial charge in [-0.1, -0.05) is 18.5 Å². The summed E-state index contributed by atoms with van der Waals surface area (Å²) in [6.07, 6.45) is 4.80. The average molecular weight is 569 g/mol. The van der Waals surface area contributed by atoms with Crippen molar-refractivity contribution in [2.75, 3.05) is 0 Å². The van der Waals surface area contributed by atoms with Crippen LogP contribution < -0.4 is 15.9 Å². The lowest BCUT2D eigenvalue weighted by Crippen LogP contribution is -2.35. The molecule has 1 aliphatic carbocycles. The molecule has 208 valence electrons. The minimum absolute atomic E-state index is 0.00276. The van der Waals surface area contributed by atoms with Gasteiger partial charge >= 0.3 is 0 Å². The third-order valence-corrected chi connectivity index (χ3v) is 7.77. The molecule has 2 unspecified atom stereocenters. The van der Waals surface area contributed by atoms with E-state index in [9.17, 15) is 23.5 Å². The lowest BCUT2D eigenvalue weighted by molar-refractivity contribution is 0.0266. The molecule has 4 aromatic rings. The Hall–Kier alpha value is -3.89. The molecule has 8 nitrogen and oxygen atoms in total. The zero-order valence-electron chi connectivity index (χ0n) is 22.3. The lowest BCUT2D eigenvalue weighted by Gasteiger charge is -2.24. The maximum atomic E-state index is 14.0. The molecular formula is C29H27ClF2N4O4. The van der Waals surface area contributed by atoms with Gasteiger partial charge in [0, 0.05) is 41.9 Å². The van der Waals surface area contributed by atoms with Crippen molar-refractivity contribution in [3.8, 4) is 17.3 Å². The fourth-order valence-corrected chi connectivity index (χ4v) is 5.21. The molecule has 4 heterocycles. The summed E-state index contributed by atoms with van der Waals surface area (Å²) in [5.41, 5.74) is -0.626. The van der Waals surface area contributed by atoms with Crippen LogP contribution in [0.4, 0.5) is 8.78 Å². The number of aryl methyl sites for hydroxylation is 2. The summed E-state index contributed by atoms with van der Waals surface area (Å²) in [6.45, 7) is 6.76. The second-order valence-electron chi connectivity index (χ2n) is 10.4. The summed E-state index contributed by atoms with van der Waals surface area (Å²) >= 11 is 6.37. The quantitative estimate of drug-likeness (QED) is 0.345. The van der Waals surface area contributed by atoms with E-state index in [0.717, 1.165) is 12.6 Å². The van der Waals surface area contributed by atoms with Crippen molar-refractivity contribution in [1.82, 2.24) is 19.1 Å². The third kappa shape index (κ3) is 4.93. The standard InChI is InChI=1S/C29H27ClF2N4O4/c1-15-8-20(15)29(4,39)19-6-5-7-35(27(19)37)25-11-23(16(2)12-34-25)36-17(3)9-24(26(30)28(36)38)40-14-22-21(32)10-18(31)13-33-22/h5-7,9-13,15,20,39H,8,14H2,1-4H3/t15?,20?,29-/m1/s1. The molecule has 11 heteroatoms. The van der Waals surface area contributed by atoms with E-state index in [-0.39, 0.29) is 40.4 Å². The Labute approximate surface area is 233 Å². The number of ether oxygens (including phenoxy) is 1. The molecule has 0 aliphatic heterocycles. The van der Waals surface area contributed by atoms with Crippen LogP contribution in [0.25, 0.3) is 11.5 Å². The van der Waals surface area contributed by atoms with Crippen LogP contribution in [-0.2, 0) is 12.2 Å². The fourth-order valence-electron chi connectivity index (χ4n) is 5.02. The second kappa shape index (κ2) is 10.3. The van der Waals surface area contributed by atoms with E-state index in [1.165, 1.54) is 21.4 Å². The molecule has 1 aliphatic rings. The van der Waals surface area contributed by atoms with Crippen LogP contribution >= 0.6 is 11.6 Å². The molecule has 40 heavy (non-hydrogen) atoms. The molecule has 0 radical (unpaired) electrons. The van der Waals surface area contributed by atoms with Crippen molar-refractivity contribution in [2.24, 2.45) is 11.8 Å². The molecule has 5 rings (SSSR count). The summed E-state index contributed by atoms with van der Waals surface area (Å²) in [4.78, 5) is 34.9. The molecular weight excluding hydrogens is 542 g/mol. The van der Waals surface area contributed by atoms with Crippen LogP contribution in [0.5, 0.6) is 5.75 Å². The predicted octanol–water partition coefficient (Wildman–Crippen LogP) is 4.77. The van der Waals surface area contributed by atoms with Gasteiger partial charge in [0.15, 0.2) is 5.82 Å². The molecule has 0 saturated heterocycles. The molecule has 1 fully saturated rings. The van der Waals surface area contributed by atoms with Crippen LogP contribution in [0.3, 0.4) is 0 Å². The Bertz CT molecular complexity index is 1750. The Morgan fingerprint density at radius 2 is 1.88 bits per heavy atom. The van der Waals surface area contributed by atoms with E-state index in [1.54, 1.807) is 45.2 Å². The van der Waals surface area contributed by atoms with Gasteiger partial charge in [0.2, 0.25) is 0 Å². The highest BCUT2D eigenvalue weighted by atomic mass is 35.5. The first-order valence-electron chi connectivity index (χ1n) is 12.7. The van der Waals surface area contributed by atoms with E-state index in [2.05, 4.69) is 9.97 Å². The highest BCUT2D eigenvalue weighted by Crippen LogP contribution is 2.49. The lowest BCUT2D eigenvalue weighted by atomic mass is 9.91. The van der Waals surface area contributed by atoms with E-state index < -0.39 is 28.4 Å². The summed E-state index contributed by atoms with van der Waals surface area (Å²) in [6, 6.07) is 7.11. The van der Waals surface area contributed by atoms with Crippen molar-refractivity contribution in [2.45, 2.75) is 46.3 Å². The topological polar surface area (TPSA) is 99.2 Å². The Balaban J connectivity index is 1.52. The van der Waals surface area contributed by atoms with Crippen LogP contribution in [0, 0.1) is 37.3 Å². The molecule has 0 spiro atoms. The van der Waals surface area contributed by atoms with Crippen molar-refractivity contribution in [3.63, 3.8) is 0 Å². The van der Waals surface area contributed by atoms with E-state index in [1.807, 2.05) is 6.92 Å². The fraction of sp³-hybridized carbons (Fsp3) is 0.310. The first-order valence-corrected chi connectivity index (χ1v) is 13.0. The number of aliphatic hydroxyl groups is 1. The number of aromatic nitrogens is 4. The van der Waals surface area contributed by atoms with Gasteiger partial charge in [-0.05, 0) is 56.7 Å².